The Morgan fingerprint density at radius 1 is 1.64 bits per heavy atom. The average molecular weight is 169 g/mol. The Bertz CT molecular complexity index is 258. The number of aromatic nitrogens is 1. The van der Waals surface area contributed by atoms with Gasteiger partial charge in [0.1, 0.15) is 5.15 Å². The smallest absolute Gasteiger partial charge is 0.129 e. The highest BCUT2D eigenvalue weighted by Gasteiger charge is 2.18. The molecule has 11 heavy (non-hydrogen) atoms. The monoisotopic (exact) mass is 168 g/mol. The highest BCUT2D eigenvalue weighted by molar-refractivity contribution is 6.29. The zero-order valence-electron chi connectivity index (χ0n) is 6.05. The third kappa shape index (κ3) is 1.37. The number of nitrogens with one attached hydrogen (secondary N) is 1. The first-order chi connectivity index (χ1) is 5.36. The van der Waals surface area contributed by atoms with Crippen molar-refractivity contribution in [2.45, 2.75) is 12.5 Å². The molecule has 1 aromatic rings. The van der Waals surface area contributed by atoms with Crippen LogP contribution in [0, 0.1) is 0 Å². The Balaban J connectivity index is 2.23. The van der Waals surface area contributed by atoms with Crippen molar-refractivity contribution < 1.29 is 0 Å². The molecule has 0 saturated carbocycles. The van der Waals surface area contributed by atoms with Gasteiger partial charge in [0, 0.05) is 12.2 Å². The largest absolute Gasteiger partial charge is 0.310 e. The van der Waals surface area contributed by atoms with Gasteiger partial charge in [0.05, 0.1) is 0 Å². The molecular weight excluding hydrogens is 160 g/mol. The Morgan fingerprint density at radius 2 is 2.45 bits per heavy atom. The fourth-order valence-corrected chi connectivity index (χ4v) is 1.39. The predicted octanol–water partition coefficient (Wildman–Crippen LogP) is 1.77. The maximum absolute atomic E-state index is 5.73. The molecular formula is C8H9ClN2. The number of hydrogen-bond acceptors (Lipinski definition) is 2. The van der Waals surface area contributed by atoms with Gasteiger partial charge in [-0.05, 0) is 30.7 Å². The molecule has 2 nitrogen and oxygen atoms in total. The van der Waals surface area contributed by atoms with Crippen molar-refractivity contribution in [3.8, 4) is 0 Å². The standard InChI is InChI=1S/C8H9ClN2/c9-8-5-6(1-3-11-8)7-2-4-10-7/h1,3,5,7,10H,2,4H2. The summed E-state index contributed by atoms with van der Waals surface area (Å²) < 4.78 is 0. The van der Waals surface area contributed by atoms with Crippen LogP contribution in [0.1, 0.15) is 18.0 Å². The molecule has 1 aliphatic rings. The lowest BCUT2D eigenvalue weighted by molar-refractivity contribution is 0.383. The third-order valence-electron chi connectivity index (χ3n) is 1.98. The van der Waals surface area contributed by atoms with E-state index in [1.165, 1.54) is 12.0 Å². The van der Waals surface area contributed by atoms with Gasteiger partial charge in [0.25, 0.3) is 0 Å². The quantitative estimate of drug-likeness (QED) is 0.647. The molecule has 1 fully saturated rings. The second-order valence-corrected chi connectivity index (χ2v) is 3.09. The molecule has 2 rings (SSSR count). The summed E-state index contributed by atoms with van der Waals surface area (Å²) in [5.74, 6) is 0. The first-order valence-corrected chi connectivity index (χ1v) is 4.09. The molecule has 1 unspecified atom stereocenters. The van der Waals surface area contributed by atoms with E-state index >= 15 is 0 Å². The summed E-state index contributed by atoms with van der Waals surface area (Å²) in [4.78, 5) is 3.92. The van der Waals surface area contributed by atoms with Gasteiger partial charge in [0.15, 0.2) is 0 Å². The summed E-state index contributed by atoms with van der Waals surface area (Å²) >= 11 is 5.73. The lowest BCUT2D eigenvalue weighted by atomic mass is 9.99. The zero-order chi connectivity index (χ0) is 7.68. The zero-order valence-corrected chi connectivity index (χ0v) is 6.80. The van der Waals surface area contributed by atoms with Crippen LogP contribution in [0.15, 0.2) is 18.3 Å². The van der Waals surface area contributed by atoms with Crippen LogP contribution >= 0.6 is 11.6 Å². The van der Waals surface area contributed by atoms with E-state index in [1.54, 1.807) is 6.20 Å². The van der Waals surface area contributed by atoms with Crippen molar-refractivity contribution in [3.63, 3.8) is 0 Å². The van der Waals surface area contributed by atoms with Gasteiger partial charge in [-0.15, -0.1) is 0 Å². The van der Waals surface area contributed by atoms with Crippen LogP contribution in [0.25, 0.3) is 0 Å². The molecule has 58 valence electrons. The molecule has 1 aromatic heterocycles. The minimum atomic E-state index is 0.510. The van der Waals surface area contributed by atoms with Gasteiger partial charge < -0.3 is 5.32 Å². The van der Waals surface area contributed by atoms with Crippen molar-refractivity contribution in [2.24, 2.45) is 0 Å². The molecule has 0 aliphatic carbocycles. The van der Waals surface area contributed by atoms with Crippen molar-refractivity contribution in [3.05, 3.63) is 29.0 Å². The second kappa shape index (κ2) is 2.80. The van der Waals surface area contributed by atoms with Gasteiger partial charge in [0.2, 0.25) is 0 Å². The Labute approximate surface area is 70.6 Å². The summed E-state index contributed by atoms with van der Waals surface area (Å²) in [7, 11) is 0. The van der Waals surface area contributed by atoms with E-state index < -0.39 is 0 Å². The fraction of sp³-hybridized carbons (Fsp3) is 0.375. The molecule has 3 heteroatoms. The Hall–Kier alpha value is -0.600. The molecule has 1 aliphatic heterocycles. The van der Waals surface area contributed by atoms with Crippen LogP contribution in [0.2, 0.25) is 5.15 Å². The summed E-state index contributed by atoms with van der Waals surface area (Å²) in [6.45, 7) is 1.12. The van der Waals surface area contributed by atoms with Crippen LogP contribution in [0.5, 0.6) is 0 Å². The number of rotatable bonds is 1. The summed E-state index contributed by atoms with van der Waals surface area (Å²) in [6.07, 6.45) is 2.96. The summed E-state index contributed by atoms with van der Waals surface area (Å²) in [5.41, 5.74) is 1.25. The van der Waals surface area contributed by atoms with E-state index in [4.69, 9.17) is 11.6 Å². The fourth-order valence-electron chi connectivity index (χ4n) is 1.21. The van der Waals surface area contributed by atoms with Gasteiger partial charge in [-0.1, -0.05) is 11.6 Å². The first kappa shape index (κ1) is 7.07. The van der Waals surface area contributed by atoms with Crippen molar-refractivity contribution in [2.75, 3.05) is 6.54 Å². The molecule has 1 atom stereocenters. The second-order valence-electron chi connectivity index (χ2n) is 2.71. The van der Waals surface area contributed by atoms with Crippen molar-refractivity contribution in [1.29, 1.82) is 0 Å². The van der Waals surface area contributed by atoms with E-state index in [2.05, 4.69) is 10.3 Å². The first-order valence-electron chi connectivity index (χ1n) is 3.71. The van der Waals surface area contributed by atoms with Gasteiger partial charge >= 0.3 is 0 Å². The van der Waals surface area contributed by atoms with E-state index in [0.29, 0.717) is 11.2 Å². The van der Waals surface area contributed by atoms with E-state index in [1.807, 2.05) is 12.1 Å². The number of hydrogen-bond donors (Lipinski definition) is 1. The molecule has 1 saturated heterocycles. The lowest BCUT2D eigenvalue weighted by Crippen LogP contribution is -2.34. The molecule has 1 N–H and O–H groups in total. The van der Waals surface area contributed by atoms with Crippen molar-refractivity contribution in [1.82, 2.24) is 10.3 Å². The number of halogens is 1. The highest BCUT2D eigenvalue weighted by Crippen LogP contribution is 2.23. The molecule has 0 spiro atoms. The topological polar surface area (TPSA) is 24.9 Å². The molecule has 0 aromatic carbocycles. The van der Waals surface area contributed by atoms with Crippen LogP contribution in [0.4, 0.5) is 0 Å². The maximum Gasteiger partial charge on any atom is 0.129 e. The maximum atomic E-state index is 5.73. The Morgan fingerprint density at radius 3 is 3.00 bits per heavy atom. The third-order valence-corrected chi connectivity index (χ3v) is 2.18. The molecule has 0 radical (unpaired) electrons. The lowest BCUT2D eigenvalue weighted by Gasteiger charge is -2.27. The summed E-state index contributed by atoms with van der Waals surface area (Å²) in [5, 5.41) is 3.88. The molecule has 0 amide bonds. The van der Waals surface area contributed by atoms with Gasteiger partial charge in [-0.2, -0.15) is 0 Å². The minimum Gasteiger partial charge on any atom is -0.310 e. The normalized spacial score (nSPS) is 22.8. The SMILES string of the molecule is Clc1cc(C2CCN2)ccn1. The van der Waals surface area contributed by atoms with Gasteiger partial charge in [-0.3, -0.25) is 0 Å². The van der Waals surface area contributed by atoms with E-state index in [9.17, 15) is 0 Å². The number of pyridine rings is 1. The molecule has 2 heterocycles. The van der Waals surface area contributed by atoms with Crippen LogP contribution < -0.4 is 5.32 Å². The minimum absolute atomic E-state index is 0.510. The average Bonchev–Trinajstić information content (AvgIpc) is 1.83. The molecule has 0 bridgehead atoms. The summed E-state index contributed by atoms with van der Waals surface area (Å²) in [6, 6.07) is 4.43. The Kier molecular flexibility index (Phi) is 1.80. The highest BCUT2D eigenvalue weighted by atomic mass is 35.5. The number of nitrogens with zero attached hydrogens (tertiary/aromatic N) is 1. The van der Waals surface area contributed by atoms with Crippen LogP contribution in [0.3, 0.4) is 0 Å². The van der Waals surface area contributed by atoms with Crippen molar-refractivity contribution >= 4 is 11.6 Å². The van der Waals surface area contributed by atoms with Gasteiger partial charge in [-0.25, -0.2) is 4.98 Å². The predicted molar refractivity (Wildman–Crippen MR) is 44.6 cm³/mol. The van der Waals surface area contributed by atoms with Crippen LogP contribution in [-0.2, 0) is 0 Å². The van der Waals surface area contributed by atoms with E-state index in [-0.39, 0.29) is 0 Å². The van der Waals surface area contributed by atoms with E-state index in [0.717, 1.165) is 6.54 Å². The van der Waals surface area contributed by atoms with Crippen LogP contribution in [-0.4, -0.2) is 11.5 Å².